The molecule has 1 aromatic rings. The van der Waals surface area contributed by atoms with E-state index >= 15 is 0 Å². The molecule has 0 radical (unpaired) electrons. The molecule has 16 heavy (non-hydrogen) atoms. The van der Waals surface area contributed by atoms with Crippen molar-refractivity contribution in [2.24, 2.45) is 5.16 Å². The zero-order valence-corrected chi connectivity index (χ0v) is 10.7. The van der Waals surface area contributed by atoms with Crippen LogP contribution in [0.4, 0.5) is 0 Å². The second kappa shape index (κ2) is 5.46. The maximum Gasteiger partial charge on any atom is 0.129 e. The number of likely N-dealkylation sites (N-methyl/N-ethyl adjacent to an activating group) is 1. The molecule has 4 heteroatoms. The first-order chi connectivity index (χ1) is 7.77. The average Bonchev–Trinajstić information content (AvgIpc) is 2.72. The predicted molar refractivity (Wildman–Crippen MR) is 68.3 cm³/mol. The number of fused-ring (bicyclic) bond motifs is 1. The van der Waals surface area contributed by atoms with E-state index in [4.69, 9.17) is 4.84 Å². The monoisotopic (exact) mass is 238 g/mol. The van der Waals surface area contributed by atoms with Crippen LogP contribution < -0.4 is 0 Å². The molecule has 0 amide bonds. The molecule has 1 aliphatic carbocycles. The van der Waals surface area contributed by atoms with E-state index < -0.39 is 0 Å². The number of oxime groups is 1. The minimum absolute atomic E-state index is 0.663. The Bertz CT molecular complexity index is 371. The fourth-order valence-electron chi connectivity index (χ4n) is 1.78. The molecular weight excluding hydrogens is 220 g/mol. The second-order valence-electron chi connectivity index (χ2n) is 4.29. The summed E-state index contributed by atoms with van der Waals surface area (Å²) in [5.74, 6) is 0. The van der Waals surface area contributed by atoms with Gasteiger partial charge in [-0.15, -0.1) is 11.3 Å². The number of rotatable bonds is 4. The van der Waals surface area contributed by atoms with Gasteiger partial charge in [0.05, 0.1) is 5.71 Å². The van der Waals surface area contributed by atoms with Crippen molar-refractivity contribution < 1.29 is 4.84 Å². The molecule has 88 valence electrons. The van der Waals surface area contributed by atoms with Crippen LogP contribution in [0, 0.1) is 0 Å². The Hall–Kier alpha value is -0.870. The Morgan fingerprint density at radius 1 is 1.44 bits per heavy atom. The van der Waals surface area contributed by atoms with Crippen LogP contribution >= 0.6 is 11.3 Å². The third kappa shape index (κ3) is 2.83. The van der Waals surface area contributed by atoms with Gasteiger partial charge in [-0.25, -0.2) is 0 Å². The van der Waals surface area contributed by atoms with Crippen molar-refractivity contribution in [1.29, 1.82) is 0 Å². The van der Waals surface area contributed by atoms with Gasteiger partial charge in [-0.3, -0.25) is 0 Å². The molecule has 3 nitrogen and oxygen atoms in total. The van der Waals surface area contributed by atoms with E-state index in [1.165, 1.54) is 23.3 Å². The lowest BCUT2D eigenvalue weighted by molar-refractivity contribution is 0.125. The zero-order chi connectivity index (χ0) is 11.4. The van der Waals surface area contributed by atoms with E-state index in [0.717, 1.165) is 18.7 Å². The Morgan fingerprint density at radius 2 is 2.31 bits per heavy atom. The molecule has 0 saturated heterocycles. The molecule has 0 unspecified atom stereocenters. The zero-order valence-electron chi connectivity index (χ0n) is 9.90. The molecule has 1 heterocycles. The van der Waals surface area contributed by atoms with Gasteiger partial charge in [0, 0.05) is 17.0 Å². The minimum atomic E-state index is 0.663. The molecule has 0 atom stereocenters. The van der Waals surface area contributed by atoms with E-state index in [1.54, 1.807) is 0 Å². The highest BCUT2D eigenvalue weighted by atomic mass is 32.1. The highest BCUT2D eigenvalue weighted by Crippen LogP contribution is 2.26. The van der Waals surface area contributed by atoms with E-state index in [9.17, 15) is 0 Å². The van der Waals surface area contributed by atoms with E-state index in [2.05, 4.69) is 21.5 Å². The summed E-state index contributed by atoms with van der Waals surface area (Å²) in [4.78, 5) is 8.91. The molecule has 2 rings (SSSR count). The highest BCUT2D eigenvalue weighted by molar-refractivity contribution is 7.10. The van der Waals surface area contributed by atoms with Gasteiger partial charge in [0.2, 0.25) is 0 Å². The van der Waals surface area contributed by atoms with Crippen LogP contribution in [0.3, 0.4) is 0 Å². The fraction of sp³-hybridized carbons (Fsp3) is 0.583. The third-order valence-corrected chi connectivity index (χ3v) is 3.66. The van der Waals surface area contributed by atoms with Gasteiger partial charge < -0.3 is 9.74 Å². The predicted octanol–water partition coefficient (Wildman–Crippen LogP) is 2.37. The van der Waals surface area contributed by atoms with Crippen LogP contribution in [0.25, 0.3) is 0 Å². The molecule has 0 saturated carbocycles. The van der Waals surface area contributed by atoms with Crippen LogP contribution in [-0.4, -0.2) is 37.9 Å². The van der Waals surface area contributed by atoms with Crippen LogP contribution in [-0.2, 0) is 11.3 Å². The lowest BCUT2D eigenvalue weighted by Crippen LogP contribution is -2.17. The Labute approximate surface area is 101 Å². The molecule has 0 spiro atoms. The third-order valence-electron chi connectivity index (χ3n) is 2.68. The van der Waals surface area contributed by atoms with E-state index in [-0.39, 0.29) is 0 Å². The van der Waals surface area contributed by atoms with Crippen molar-refractivity contribution in [1.82, 2.24) is 4.90 Å². The van der Waals surface area contributed by atoms with Gasteiger partial charge in [-0.1, -0.05) is 5.16 Å². The Morgan fingerprint density at radius 3 is 3.12 bits per heavy atom. The largest absolute Gasteiger partial charge is 0.394 e. The summed E-state index contributed by atoms with van der Waals surface area (Å²) < 4.78 is 0. The van der Waals surface area contributed by atoms with Crippen LogP contribution in [0.5, 0.6) is 0 Å². The van der Waals surface area contributed by atoms with Gasteiger partial charge in [0.1, 0.15) is 6.61 Å². The standard InChI is InChI=1S/C12H18N2OS/c1-14(2)7-8-15-13-11-4-3-5-12-10(11)6-9-16-12/h6,9H,3-5,7-8H2,1-2H3/b13-11+. The van der Waals surface area contributed by atoms with Crippen molar-refractivity contribution in [2.75, 3.05) is 27.2 Å². The molecule has 1 aromatic heterocycles. The van der Waals surface area contributed by atoms with Gasteiger partial charge in [-0.2, -0.15) is 0 Å². The number of thiophene rings is 1. The average molecular weight is 238 g/mol. The first-order valence-electron chi connectivity index (χ1n) is 5.67. The number of nitrogens with zero attached hydrogens (tertiary/aromatic N) is 2. The second-order valence-corrected chi connectivity index (χ2v) is 5.29. The first kappa shape index (κ1) is 11.6. The van der Waals surface area contributed by atoms with Crippen molar-refractivity contribution in [3.8, 4) is 0 Å². The SMILES string of the molecule is CN(C)CCO/N=C1\CCCc2sccc21. The smallest absolute Gasteiger partial charge is 0.129 e. The van der Waals surface area contributed by atoms with Crippen molar-refractivity contribution in [2.45, 2.75) is 19.3 Å². The first-order valence-corrected chi connectivity index (χ1v) is 6.55. The van der Waals surface area contributed by atoms with Crippen LogP contribution in [0.1, 0.15) is 23.3 Å². The molecule has 0 aliphatic heterocycles. The summed E-state index contributed by atoms with van der Waals surface area (Å²) in [7, 11) is 4.07. The van der Waals surface area contributed by atoms with Gasteiger partial charge in [-0.05, 0) is 44.8 Å². The van der Waals surface area contributed by atoms with E-state index in [1.807, 2.05) is 25.4 Å². The Balaban J connectivity index is 1.93. The summed E-state index contributed by atoms with van der Waals surface area (Å²) in [5.41, 5.74) is 2.43. The molecule has 0 bridgehead atoms. The van der Waals surface area contributed by atoms with Crippen molar-refractivity contribution >= 4 is 17.0 Å². The lowest BCUT2D eigenvalue weighted by Gasteiger charge is -2.13. The molecule has 1 aliphatic rings. The van der Waals surface area contributed by atoms with Crippen molar-refractivity contribution in [3.63, 3.8) is 0 Å². The maximum absolute atomic E-state index is 5.36. The highest BCUT2D eigenvalue weighted by Gasteiger charge is 2.16. The topological polar surface area (TPSA) is 24.8 Å². The fourth-order valence-corrected chi connectivity index (χ4v) is 2.73. The molecule has 0 fully saturated rings. The number of aryl methyl sites for hydroxylation is 1. The summed E-state index contributed by atoms with van der Waals surface area (Å²) in [6.07, 6.45) is 3.44. The lowest BCUT2D eigenvalue weighted by atomic mass is 9.97. The summed E-state index contributed by atoms with van der Waals surface area (Å²) in [6.45, 7) is 1.57. The van der Waals surface area contributed by atoms with Gasteiger partial charge in [0.25, 0.3) is 0 Å². The number of hydrogen-bond donors (Lipinski definition) is 0. The van der Waals surface area contributed by atoms with Gasteiger partial charge in [0.15, 0.2) is 0 Å². The minimum Gasteiger partial charge on any atom is -0.394 e. The normalized spacial score (nSPS) is 17.8. The van der Waals surface area contributed by atoms with Gasteiger partial charge >= 0.3 is 0 Å². The molecular formula is C12H18N2OS. The van der Waals surface area contributed by atoms with Crippen LogP contribution in [0.2, 0.25) is 0 Å². The van der Waals surface area contributed by atoms with E-state index in [0.29, 0.717) is 6.61 Å². The summed E-state index contributed by atoms with van der Waals surface area (Å²) in [5, 5.41) is 6.41. The summed E-state index contributed by atoms with van der Waals surface area (Å²) >= 11 is 1.83. The molecule has 0 N–H and O–H groups in total. The maximum atomic E-state index is 5.36. The Kier molecular flexibility index (Phi) is 3.96. The number of hydrogen-bond acceptors (Lipinski definition) is 4. The van der Waals surface area contributed by atoms with Crippen molar-refractivity contribution in [3.05, 3.63) is 21.9 Å². The summed E-state index contributed by atoms with van der Waals surface area (Å²) in [6, 6.07) is 2.16. The van der Waals surface area contributed by atoms with Crippen LogP contribution in [0.15, 0.2) is 16.6 Å². The molecule has 0 aromatic carbocycles. The quantitative estimate of drug-likeness (QED) is 0.594.